The molecule has 0 aromatic carbocycles. The third-order valence-corrected chi connectivity index (χ3v) is 1.58. The molecule has 0 bridgehead atoms. The molecule has 0 fully saturated rings. The molecule has 0 aliphatic rings. The van der Waals surface area contributed by atoms with E-state index < -0.39 is 4.92 Å². The maximum Gasteiger partial charge on any atom is 0.317 e. The van der Waals surface area contributed by atoms with Gasteiger partial charge < -0.3 is 0 Å². The summed E-state index contributed by atoms with van der Waals surface area (Å²) in [7, 11) is 0. The topological polar surface area (TPSA) is 78.0 Å². The van der Waals surface area contributed by atoms with Crippen LogP contribution < -0.4 is 0 Å². The molecule has 6 nitrogen and oxygen atoms in total. The molecule has 70 valence electrons. The Kier molecular flexibility index (Phi) is 2.41. The highest BCUT2D eigenvalue weighted by Crippen LogP contribution is 2.16. The van der Waals surface area contributed by atoms with Crippen LogP contribution in [0.4, 0.5) is 5.69 Å². The van der Waals surface area contributed by atoms with E-state index in [4.69, 9.17) is 0 Å². The molecule has 13 heavy (non-hydrogen) atoms. The molecule has 0 unspecified atom stereocenters. The number of rotatable bonds is 3. The van der Waals surface area contributed by atoms with Gasteiger partial charge >= 0.3 is 5.69 Å². The van der Waals surface area contributed by atoms with Gasteiger partial charge in [-0.2, -0.15) is 5.10 Å². The lowest BCUT2D eigenvalue weighted by Crippen LogP contribution is -2.01. The molecule has 0 atom stereocenters. The minimum absolute atomic E-state index is 0.00685. The second kappa shape index (κ2) is 3.34. The molecule has 0 spiro atoms. The molecule has 0 aliphatic heterocycles. The standard InChI is InChI=1S/C7H9N3O3/c1-5(2)9-3-7(10(12)13)6(4-11)8-9/h3-5H,1-2H3. The molecule has 1 heterocycles. The summed E-state index contributed by atoms with van der Waals surface area (Å²) in [5.41, 5.74) is -0.373. The number of nitrogens with zero attached hydrogens (tertiary/aromatic N) is 3. The van der Waals surface area contributed by atoms with Gasteiger partial charge in [-0.1, -0.05) is 0 Å². The van der Waals surface area contributed by atoms with Gasteiger partial charge in [-0.05, 0) is 13.8 Å². The minimum atomic E-state index is -0.615. The number of hydrogen-bond donors (Lipinski definition) is 0. The van der Waals surface area contributed by atoms with E-state index in [1.165, 1.54) is 10.9 Å². The van der Waals surface area contributed by atoms with Crippen molar-refractivity contribution in [2.24, 2.45) is 0 Å². The highest BCUT2D eigenvalue weighted by Gasteiger charge is 2.19. The van der Waals surface area contributed by atoms with Crippen molar-refractivity contribution >= 4 is 12.0 Å². The Bertz CT molecular complexity index is 343. The summed E-state index contributed by atoms with van der Waals surface area (Å²) in [5.74, 6) is 0. The lowest BCUT2D eigenvalue weighted by molar-refractivity contribution is -0.385. The fraction of sp³-hybridized carbons (Fsp3) is 0.429. The Morgan fingerprint density at radius 2 is 2.31 bits per heavy atom. The molecule has 1 rings (SSSR count). The molecule has 0 aliphatic carbocycles. The van der Waals surface area contributed by atoms with E-state index in [0.717, 1.165) is 0 Å². The first-order valence-electron chi connectivity index (χ1n) is 3.75. The predicted molar refractivity (Wildman–Crippen MR) is 44.7 cm³/mol. The van der Waals surface area contributed by atoms with Crippen LogP contribution in [0.3, 0.4) is 0 Å². The summed E-state index contributed by atoms with van der Waals surface area (Å²) in [5, 5.41) is 14.2. The fourth-order valence-electron chi connectivity index (χ4n) is 0.885. The Hall–Kier alpha value is -1.72. The normalized spacial score (nSPS) is 10.4. The van der Waals surface area contributed by atoms with Gasteiger partial charge in [-0.15, -0.1) is 0 Å². The summed E-state index contributed by atoms with van der Waals surface area (Å²) in [6.45, 7) is 3.65. The van der Waals surface area contributed by atoms with Crippen molar-refractivity contribution in [3.8, 4) is 0 Å². The van der Waals surface area contributed by atoms with Crippen LogP contribution in [0.15, 0.2) is 6.20 Å². The first kappa shape index (κ1) is 9.37. The van der Waals surface area contributed by atoms with E-state index in [-0.39, 0.29) is 17.4 Å². The number of hydrogen-bond acceptors (Lipinski definition) is 4. The maximum atomic E-state index is 10.4. The van der Waals surface area contributed by atoms with Crippen molar-refractivity contribution in [1.82, 2.24) is 9.78 Å². The largest absolute Gasteiger partial charge is 0.317 e. The van der Waals surface area contributed by atoms with Crippen LogP contribution in [0.1, 0.15) is 30.4 Å². The Labute approximate surface area is 74.3 Å². The lowest BCUT2D eigenvalue weighted by atomic mass is 10.4. The zero-order chi connectivity index (χ0) is 10.0. The first-order valence-corrected chi connectivity index (χ1v) is 3.75. The first-order chi connectivity index (χ1) is 6.06. The van der Waals surface area contributed by atoms with Crippen molar-refractivity contribution in [3.05, 3.63) is 22.0 Å². The average Bonchev–Trinajstić information content (AvgIpc) is 2.47. The summed E-state index contributed by atoms with van der Waals surface area (Å²) < 4.78 is 1.39. The number of aromatic nitrogens is 2. The van der Waals surface area contributed by atoms with E-state index in [1.807, 2.05) is 13.8 Å². The SMILES string of the molecule is CC(C)n1cc([N+](=O)[O-])c(C=O)n1. The van der Waals surface area contributed by atoms with Crippen LogP contribution in [0.2, 0.25) is 0 Å². The second-order valence-electron chi connectivity index (χ2n) is 2.85. The highest BCUT2D eigenvalue weighted by molar-refractivity contribution is 5.77. The molecule has 1 aromatic rings. The number of aldehydes is 1. The van der Waals surface area contributed by atoms with Crippen molar-refractivity contribution < 1.29 is 9.72 Å². The quantitative estimate of drug-likeness (QED) is 0.400. The summed E-state index contributed by atoms with van der Waals surface area (Å²) in [6, 6.07) is 0.00685. The minimum Gasteiger partial charge on any atom is -0.296 e. The number of carbonyl (C=O) groups is 1. The molecule has 0 saturated heterocycles. The molecule has 6 heteroatoms. The predicted octanol–water partition coefficient (Wildman–Crippen LogP) is 1.18. The highest BCUT2D eigenvalue weighted by atomic mass is 16.6. The number of carbonyl (C=O) groups excluding carboxylic acids is 1. The van der Waals surface area contributed by atoms with Crippen LogP contribution in [-0.4, -0.2) is 21.0 Å². The molecule has 0 saturated carbocycles. The van der Waals surface area contributed by atoms with E-state index in [2.05, 4.69) is 5.10 Å². The van der Waals surface area contributed by atoms with Gasteiger partial charge in [0.05, 0.1) is 4.92 Å². The van der Waals surface area contributed by atoms with Gasteiger partial charge in [0.1, 0.15) is 6.20 Å². The van der Waals surface area contributed by atoms with Crippen LogP contribution in [0.5, 0.6) is 0 Å². The lowest BCUT2D eigenvalue weighted by Gasteiger charge is -2.01. The maximum absolute atomic E-state index is 10.4. The van der Waals surface area contributed by atoms with Gasteiger partial charge in [0.2, 0.25) is 5.69 Å². The van der Waals surface area contributed by atoms with Gasteiger partial charge in [-0.25, -0.2) is 0 Å². The molecular weight excluding hydrogens is 174 g/mol. The van der Waals surface area contributed by atoms with E-state index in [1.54, 1.807) is 0 Å². The molecule has 1 aromatic heterocycles. The average molecular weight is 183 g/mol. The molecule has 0 amide bonds. The zero-order valence-corrected chi connectivity index (χ0v) is 7.30. The Morgan fingerprint density at radius 1 is 1.69 bits per heavy atom. The summed E-state index contributed by atoms with van der Waals surface area (Å²) >= 11 is 0. The summed E-state index contributed by atoms with van der Waals surface area (Å²) in [4.78, 5) is 20.2. The van der Waals surface area contributed by atoms with Crippen molar-refractivity contribution in [1.29, 1.82) is 0 Å². The fourth-order valence-corrected chi connectivity index (χ4v) is 0.885. The smallest absolute Gasteiger partial charge is 0.296 e. The van der Waals surface area contributed by atoms with Gasteiger partial charge in [0, 0.05) is 6.04 Å². The van der Waals surface area contributed by atoms with Gasteiger partial charge in [0.25, 0.3) is 0 Å². The Morgan fingerprint density at radius 3 is 2.62 bits per heavy atom. The van der Waals surface area contributed by atoms with Crippen LogP contribution in [0.25, 0.3) is 0 Å². The van der Waals surface area contributed by atoms with E-state index in [0.29, 0.717) is 6.29 Å². The third kappa shape index (κ3) is 1.71. The monoisotopic (exact) mass is 183 g/mol. The van der Waals surface area contributed by atoms with E-state index >= 15 is 0 Å². The van der Waals surface area contributed by atoms with Crippen LogP contribution in [0, 0.1) is 10.1 Å². The molecular formula is C7H9N3O3. The van der Waals surface area contributed by atoms with Gasteiger partial charge in [0.15, 0.2) is 6.29 Å². The molecule has 0 N–H and O–H groups in total. The third-order valence-electron chi connectivity index (χ3n) is 1.58. The Balaban J connectivity index is 3.19. The molecule has 0 radical (unpaired) electrons. The van der Waals surface area contributed by atoms with Crippen LogP contribution >= 0.6 is 0 Å². The number of nitro groups is 1. The summed E-state index contributed by atoms with van der Waals surface area (Å²) in [6.07, 6.45) is 1.64. The van der Waals surface area contributed by atoms with Crippen molar-refractivity contribution in [2.45, 2.75) is 19.9 Å². The van der Waals surface area contributed by atoms with Crippen molar-refractivity contribution in [2.75, 3.05) is 0 Å². The second-order valence-corrected chi connectivity index (χ2v) is 2.85. The zero-order valence-electron chi connectivity index (χ0n) is 7.30. The van der Waals surface area contributed by atoms with E-state index in [9.17, 15) is 14.9 Å². The van der Waals surface area contributed by atoms with Crippen molar-refractivity contribution in [3.63, 3.8) is 0 Å². The van der Waals surface area contributed by atoms with Crippen LogP contribution in [-0.2, 0) is 0 Å². The van der Waals surface area contributed by atoms with Gasteiger partial charge in [-0.3, -0.25) is 19.6 Å².